The number of amides is 1. The van der Waals surface area contributed by atoms with Gasteiger partial charge < -0.3 is 4.90 Å². The topological polar surface area (TPSA) is 49.3 Å². The number of carbonyl (C=O) groups excluding carboxylic acids is 1. The van der Waals surface area contributed by atoms with E-state index in [-0.39, 0.29) is 11.9 Å². The van der Waals surface area contributed by atoms with Crippen LogP contribution in [0.5, 0.6) is 0 Å². The molecular weight excluding hydrogens is 288 g/mol. The van der Waals surface area contributed by atoms with Crippen molar-refractivity contribution in [1.29, 1.82) is 0 Å². The summed E-state index contributed by atoms with van der Waals surface area (Å²) >= 11 is 0. The third kappa shape index (κ3) is 3.56. The van der Waals surface area contributed by atoms with Gasteiger partial charge in [-0.25, -0.2) is 4.98 Å². The highest BCUT2D eigenvalue weighted by atomic mass is 16.2. The Morgan fingerprint density at radius 1 is 1.30 bits per heavy atom. The molecule has 1 aromatic heterocycles. The van der Waals surface area contributed by atoms with E-state index in [1.54, 1.807) is 24.3 Å². The Hall–Kier alpha value is -2.27. The number of carbonyl (C=O) groups is 1. The van der Waals surface area contributed by atoms with Crippen molar-refractivity contribution >= 4 is 5.91 Å². The van der Waals surface area contributed by atoms with Crippen molar-refractivity contribution in [3.05, 3.63) is 59.7 Å². The Kier molecular flexibility index (Phi) is 4.67. The van der Waals surface area contributed by atoms with E-state index in [1.165, 1.54) is 0 Å². The zero-order valence-corrected chi connectivity index (χ0v) is 13.6. The van der Waals surface area contributed by atoms with Gasteiger partial charge in [0.25, 0.3) is 5.91 Å². The second-order valence-corrected chi connectivity index (χ2v) is 6.11. The molecule has 0 bridgehead atoms. The molecule has 1 unspecified atom stereocenters. The van der Waals surface area contributed by atoms with Crippen LogP contribution in [0.2, 0.25) is 0 Å². The van der Waals surface area contributed by atoms with Gasteiger partial charge in [0.15, 0.2) is 0 Å². The normalized spacial score (nSPS) is 18.1. The summed E-state index contributed by atoms with van der Waals surface area (Å²) in [4.78, 5) is 25.4. The fraction of sp³-hybridized carbons (Fsp3) is 0.389. The number of hydrogen-bond donors (Lipinski definition) is 0. The van der Waals surface area contributed by atoms with Crippen molar-refractivity contribution in [2.24, 2.45) is 0 Å². The number of rotatable bonds is 4. The quantitative estimate of drug-likeness (QED) is 0.870. The molecule has 2 heterocycles. The first-order valence-electron chi connectivity index (χ1n) is 7.96. The summed E-state index contributed by atoms with van der Waals surface area (Å²) in [5, 5.41) is 0. The molecule has 1 atom stereocenters. The molecule has 2 aromatic rings. The van der Waals surface area contributed by atoms with Gasteiger partial charge in [-0.3, -0.25) is 14.7 Å². The van der Waals surface area contributed by atoms with Gasteiger partial charge in [-0.1, -0.05) is 30.3 Å². The fourth-order valence-corrected chi connectivity index (χ4v) is 3.05. The number of benzene rings is 1. The van der Waals surface area contributed by atoms with E-state index in [1.807, 2.05) is 30.3 Å². The van der Waals surface area contributed by atoms with Crippen LogP contribution in [-0.2, 0) is 6.54 Å². The molecule has 1 amide bonds. The molecule has 5 nitrogen and oxygen atoms in total. The van der Waals surface area contributed by atoms with E-state index < -0.39 is 0 Å². The van der Waals surface area contributed by atoms with Crippen LogP contribution in [0.25, 0.3) is 0 Å². The van der Waals surface area contributed by atoms with Gasteiger partial charge in [0.2, 0.25) is 0 Å². The summed E-state index contributed by atoms with van der Waals surface area (Å²) in [7, 11) is 3.89. The first-order chi connectivity index (χ1) is 11.1. The number of likely N-dealkylation sites (tertiary alicyclic amines) is 1. The summed E-state index contributed by atoms with van der Waals surface area (Å²) < 4.78 is 0. The van der Waals surface area contributed by atoms with Gasteiger partial charge in [0.05, 0.1) is 24.1 Å². The number of aromatic nitrogens is 2. The van der Waals surface area contributed by atoms with Crippen LogP contribution < -0.4 is 0 Å². The maximum absolute atomic E-state index is 12.6. The van der Waals surface area contributed by atoms with Gasteiger partial charge in [-0.05, 0) is 32.0 Å². The molecule has 1 aliphatic rings. The third-order valence-corrected chi connectivity index (χ3v) is 4.34. The standard InChI is InChI=1S/C18H22N4O/c1-21-10-6-9-17(21)15-11-19-12-16(20-15)18(23)22(2)13-14-7-4-3-5-8-14/h3-5,7-8,11-12,17H,6,9-10,13H2,1-2H3. The van der Waals surface area contributed by atoms with Crippen LogP contribution in [0.4, 0.5) is 0 Å². The SMILES string of the molecule is CN(Cc1ccccc1)C(=O)c1cncc(C2CCCN2C)n1. The minimum atomic E-state index is -0.0937. The highest BCUT2D eigenvalue weighted by Gasteiger charge is 2.25. The predicted molar refractivity (Wildman–Crippen MR) is 88.9 cm³/mol. The molecule has 0 aliphatic carbocycles. The molecule has 5 heteroatoms. The van der Waals surface area contributed by atoms with Crippen LogP contribution in [-0.4, -0.2) is 46.3 Å². The van der Waals surface area contributed by atoms with Crippen LogP contribution in [0.1, 0.15) is 40.6 Å². The van der Waals surface area contributed by atoms with Crippen LogP contribution in [0.15, 0.2) is 42.7 Å². The largest absolute Gasteiger partial charge is 0.336 e. The van der Waals surface area contributed by atoms with Crippen molar-refractivity contribution in [1.82, 2.24) is 19.8 Å². The van der Waals surface area contributed by atoms with Gasteiger partial charge in [0, 0.05) is 13.6 Å². The summed E-state index contributed by atoms with van der Waals surface area (Å²) in [6.07, 6.45) is 5.57. The molecule has 1 fully saturated rings. The minimum Gasteiger partial charge on any atom is -0.336 e. The summed E-state index contributed by atoms with van der Waals surface area (Å²) in [6, 6.07) is 10.2. The molecule has 0 saturated carbocycles. The Bertz CT molecular complexity index is 674. The highest BCUT2D eigenvalue weighted by Crippen LogP contribution is 2.28. The predicted octanol–water partition coefficient (Wildman–Crippen LogP) is 2.52. The molecule has 0 N–H and O–H groups in total. The van der Waals surface area contributed by atoms with Gasteiger partial charge >= 0.3 is 0 Å². The lowest BCUT2D eigenvalue weighted by atomic mass is 10.1. The van der Waals surface area contributed by atoms with E-state index >= 15 is 0 Å². The summed E-state index contributed by atoms with van der Waals surface area (Å²) in [6.45, 7) is 1.63. The lowest BCUT2D eigenvalue weighted by molar-refractivity contribution is 0.0778. The van der Waals surface area contributed by atoms with Crippen molar-refractivity contribution in [3.8, 4) is 0 Å². The van der Waals surface area contributed by atoms with Crippen molar-refractivity contribution in [2.75, 3.05) is 20.6 Å². The Balaban J connectivity index is 1.74. The van der Waals surface area contributed by atoms with Crippen molar-refractivity contribution in [2.45, 2.75) is 25.4 Å². The molecule has 0 spiro atoms. The third-order valence-electron chi connectivity index (χ3n) is 4.34. The van der Waals surface area contributed by atoms with E-state index in [9.17, 15) is 4.79 Å². The van der Waals surface area contributed by atoms with E-state index in [0.717, 1.165) is 30.6 Å². The van der Waals surface area contributed by atoms with Crippen LogP contribution in [0, 0.1) is 0 Å². The van der Waals surface area contributed by atoms with Gasteiger partial charge in [-0.2, -0.15) is 0 Å². The fourth-order valence-electron chi connectivity index (χ4n) is 3.05. The molecule has 1 aromatic carbocycles. The minimum absolute atomic E-state index is 0.0937. The molecular formula is C18H22N4O. The maximum atomic E-state index is 12.6. The number of nitrogens with zero attached hydrogens (tertiary/aromatic N) is 4. The van der Waals surface area contributed by atoms with Crippen LogP contribution in [0.3, 0.4) is 0 Å². The summed E-state index contributed by atoms with van der Waals surface area (Å²) in [5.74, 6) is -0.0937. The van der Waals surface area contributed by atoms with Crippen molar-refractivity contribution < 1.29 is 4.79 Å². The van der Waals surface area contributed by atoms with Gasteiger partial charge in [0.1, 0.15) is 5.69 Å². The first-order valence-corrected chi connectivity index (χ1v) is 7.96. The maximum Gasteiger partial charge on any atom is 0.274 e. The Labute approximate surface area is 137 Å². The molecule has 1 aliphatic heterocycles. The van der Waals surface area contributed by atoms with E-state index in [0.29, 0.717) is 12.2 Å². The number of hydrogen-bond acceptors (Lipinski definition) is 4. The average molecular weight is 310 g/mol. The lowest BCUT2D eigenvalue weighted by Crippen LogP contribution is -2.28. The molecule has 23 heavy (non-hydrogen) atoms. The second-order valence-electron chi connectivity index (χ2n) is 6.11. The lowest BCUT2D eigenvalue weighted by Gasteiger charge is -2.20. The van der Waals surface area contributed by atoms with Crippen molar-refractivity contribution in [3.63, 3.8) is 0 Å². The molecule has 0 radical (unpaired) electrons. The second kappa shape index (κ2) is 6.87. The average Bonchev–Trinajstić information content (AvgIpc) is 3.01. The molecule has 1 saturated heterocycles. The molecule has 3 rings (SSSR count). The highest BCUT2D eigenvalue weighted by molar-refractivity contribution is 5.91. The Morgan fingerprint density at radius 3 is 2.78 bits per heavy atom. The van der Waals surface area contributed by atoms with Gasteiger partial charge in [-0.15, -0.1) is 0 Å². The monoisotopic (exact) mass is 310 g/mol. The van der Waals surface area contributed by atoms with Crippen LogP contribution >= 0.6 is 0 Å². The smallest absolute Gasteiger partial charge is 0.274 e. The summed E-state index contributed by atoms with van der Waals surface area (Å²) in [5.41, 5.74) is 2.41. The van der Waals surface area contributed by atoms with E-state index in [2.05, 4.69) is 21.9 Å². The molecule has 120 valence electrons. The zero-order chi connectivity index (χ0) is 16.2. The van der Waals surface area contributed by atoms with E-state index in [4.69, 9.17) is 0 Å². The zero-order valence-electron chi connectivity index (χ0n) is 13.6. The first kappa shape index (κ1) is 15.6. The Morgan fingerprint density at radius 2 is 2.09 bits per heavy atom.